The first-order valence-corrected chi connectivity index (χ1v) is 9.20. The molecular formula is C16H15N3O4S2. The van der Waals surface area contributed by atoms with E-state index in [0.717, 1.165) is 9.75 Å². The normalized spacial score (nSPS) is 11.9. The van der Waals surface area contributed by atoms with Crippen LogP contribution in [0, 0.1) is 0 Å². The summed E-state index contributed by atoms with van der Waals surface area (Å²) in [5, 5.41) is 10.4. The van der Waals surface area contributed by atoms with E-state index in [1.165, 1.54) is 29.6 Å². The lowest BCUT2D eigenvalue weighted by Crippen LogP contribution is -2.28. The van der Waals surface area contributed by atoms with E-state index in [-0.39, 0.29) is 24.8 Å². The Kier molecular flexibility index (Phi) is 5.56. The molecule has 0 aliphatic heterocycles. The molecule has 0 saturated heterocycles. The Morgan fingerprint density at radius 3 is 2.76 bits per heavy atom. The predicted octanol–water partition coefficient (Wildman–Crippen LogP) is 3.17. The third kappa shape index (κ3) is 4.74. The van der Waals surface area contributed by atoms with Crippen LogP contribution in [-0.2, 0) is 20.9 Å². The molecule has 1 N–H and O–H groups in total. The van der Waals surface area contributed by atoms with Gasteiger partial charge in [-0.05, 0) is 22.9 Å². The molecule has 25 heavy (non-hydrogen) atoms. The summed E-state index contributed by atoms with van der Waals surface area (Å²) < 4.78 is 10.3. The third-order valence-corrected chi connectivity index (χ3v) is 5.05. The van der Waals surface area contributed by atoms with Crippen molar-refractivity contribution in [1.29, 1.82) is 0 Å². The molecule has 3 heterocycles. The number of nitrogens with zero attached hydrogens (tertiary/aromatic N) is 2. The topological polar surface area (TPSA) is 94.3 Å². The van der Waals surface area contributed by atoms with Gasteiger partial charge in [-0.1, -0.05) is 17.3 Å². The van der Waals surface area contributed by atoms with Gasteiger partial charge in [0.25, 0.3) is 5.89 Å². The SMILES string of the molecule is CC(=O)NC(CC(=O)OCc1nc(-c2cccs2)no1)c1cccs1. The van der Waals surface area contributed by atoms with E-state index >= 15 is 0 Å². The minimum Gasteiger partial charge on any atom is -0.455 e. The molecule has 3 aromatic heterocycles. The van der Waals surface area contributed by atoms with Crippen molar-refractivity contribution in [2.24, 2.45) is 0 Å². The molecule has 0 saturated carbocycles. The van der Waals surface area contributed by atoms with Gasteiger partial charge in [-0.25, -0.2) is 0 Å². The van der Waals surface area contributed by atoms with Gasteiger partial charge in [-0.15, -0.1) is 22.7 Å². The molecule has 1 amide bonds. The van der Waals surface area contributed by atoms with Crippen LogP contribution in [0.4, 0.5) is 0 Å². The van der Waals surface area contributed by atoms with Gasteiger partial charge in [0.2, 0.25) is 11.7 Å². The van der Waals surface area contributed by atoms with Crippen LogP contribution >= 0.6 is 22.7 Å². The highest BCUT2D eigenvalue weighted by atomic mass is 32.1. The molecule has 1 unspecified atom stereocenters. The number of hydrogen-bond acceptors (Lipinski definition) is 8. The standard InChI is InChI=1S/C16H15N3O4S2/c1-10(20)17-11(12-4-2-6-24-12)8-15(21)22-9-14-18-16(19-23-14)13-5-3-7-25-13/h2-7,11H,8-9H2,1H3,(H,17,20). The lowest BCUT2D eigenvalue weighted by molar-refractivity contribution is -0.146. The Bertz CT molecular complexity index is 828. The third-order valence-electron chi connectivity index (χ3n) is 3.20. The molecule has 0 aromatic carbocycles. The van der Waals surface area contributed by atoms with E-state index in [1.807, 2.05) is 35.0 Å². The summed E-state index contributed by atoms with van der Waals surface area (Å²) in [5.74, 6) is 0.0337. The van der Waals surface area contributed by atoms with Gasteiger partial charge in [-0.3, -0.25) is 9.59 Å². The molecule has 0 fully saturated rings. The van der Waals surface area contributed by atoms with Crippen LogP contribution < -0.4 is 5.32 Å². The molecule has 7 nitrogen and oxygen atoms in total. The van der Waals surface area contributed by atoms with Crippen molar-refractivity contribution in [1.82, 2.24) is 15.5 Å². The predicted molar refractivity (Wildman–Crippen MR) is 92.9 cm³/mol. The lowest BCUT2D eigenvalue weighted by Gasteiger charge is -2.15. The number of carbonyl (C=O) groups excluding carboxylic acids is 2. The van der Waals surface area contributed by atoms with Gasteiger partial charge in [0, 0.05) is 11.8 Å². The molecule has 1 atom stereocenters. The summed E-state index contributed by atoms with van der Waals surface area (Å²) in [4.78, 5) is 29.4. The van der Waals surface area contributed by atoms with Crippen LogP contribution in [0.25, 0.3) is 10.7 Å². The molecule has 0 aliphatic rings. The van der Waals surface area contributed by atoms with Crippen LogP contribution in [-0.4, -0.2) is 22.0 Å². The molecule has 130 valence electrons. The fraction of sp³-hybridized carbons (Fsp3) is 0.250. The highest BCUT2D eigenvalue weighted by Gasteiger charge is 2.20. The second-order valence-corrected chi connectivity index (χ2v) is 7.05. The van der Waals surface area contributed by atoms with Gasteiger partial charge >= 0.3 is 5.97 Å². The van der Waals surface area contributed by atoms with E-state index in [0.29, 0.717) is 5.82 Å². The number of ether oxygens (including phenoxy) is 1. The highest BCUT2D eigenvalue weighted by Crippen LogP contribution is 2.23. The van der Waals surface area contributed by atoms with E-state index in [9.17, 15) is 9.59 Å². The first-order valence-electron chi connectivity index (χ1n) is 7.44. The zero-order chi connectivity index (χ0) is 17.6. The van der Waals surface area contributed by atoms with E-state index in [1.54, 1.807) is 0 Å². The first kappa shape index (κ1) is 17.3. The summed E-state index contributed by atoms with van der Waals surface area (Å²) in [6.45, 7) is 1.31. The molecule has 0 bridgehead atoms. The number of thiophene rings is 2. The van der Waals surface area contributed by atoms with Crippen molar-refractivity contribution in [2.45, 2.75) is 26.0 Å². The maximum atomic E-state index is 12.1. The number of carbonyl (C=O) groups is 2. The Balaban J connectivity index is 1.55. The second-order valence-electron chi connectivity index (χ2n) is 5.12. The minimum atomic E-state index is -0.456. The van der Waals surface area contributed by atoms with Crippen LogP contribution in [0.3, 0.4) is 0 Å². The Labute approximate surface area is 151 Å². The van der Waals surface area contributed by atoms with Crippen molar-refractivity contribution in [3.63, 3.8) is 0 Å². The van der Waals surface area contributed by atoms with Crippen LogP contribution in [0.5, 0.6) is 0 Å². The second kappa shape index (κ2) is 8.04. The van der Waals surface area contributed by atoms with Crippen molar-refractivity contribution in [3.05, 3.63) is 45.8 Å². The monoisotopic (exact) mass is 377 g/mol. The number of esters is 1. The smallest absolute Gasteiger partial charge is 0.308 e. The maximum absolute atomic E-state index is 12.1. The van der Waals surface area contributed by atoms with Crippen molar-refractivity contribution < 1.29 is 18.8 Å². The Morgan fingerprint density at radius 2 is 2.08 bits per heavy atom. The molecular weight excluding hydrogens is 362 g/mol. The summed E-state index contributed by atoms with van der Waals surface area (Å²) in [5.41, 5.74) is 0. The summed E-state index contributed by atoms with van der Waals surface area (Å²) in [7, 11) is 0. The molecule has 0 radical (unpaired) electrons. The Morgan fingerprint density at radius 1 is 1.28 bits per heavy atom. The minimum absolute atomic E-state index is 0.0337. The summed E-state index contributed by atoms with van der Waals surface area (Å²) in [6.07, 6.45) is 0.0337. The number of hydrogen-bond donors (Lipinski definition) is 1. The van der Waals surface area contributed by atoms with Crippen LogP contribution in [0.15, 0.2) is 39.5 Å². The van der Waals surface area contributed by atoms with Gasteiger partial charge < -0.3 is 14.6 Å². The first-order chi connectivity index (χ1) is 12.1. The summed E-state index contributed by atoms with van der Waals surface area (Å²) in [6, 6.07) is 7.09. The number of amides is 1. The zero-order valence-electron chi connectivity index (χ0n) is 13.3. The number of rotatable bonds is 7. The van der Waals surface area contributed by atoms with E-state index in [2.05, 4.69) is 15.5 Å². The number of aromatic nitrogens is 2. The maximum Gasteiger partial charge on any atom is 0.308 e. The molecule has 0 spiro atoms. The fourth-order valence-corrected chi connectivity index (χ4v) is 3.57. The largest absolute Gasteiger partial charge is 0.455 e. The van der Waals surface area contributed by atoms with Crippen molar-refractivity contribution in [3.8, 4) is 10.7 Å². The fourth-order valence-electron chi connectivity index (χ4n) is 2.14. The van der Waals surface area contributed by atoms with Gasteiger partial charge in [0.15, 0.2) is 6.61 Å². The molecule has 9 heteroatoms. The number of nitrogens with one attached hydrogen (secondary N) is 1. The zero-order valence-corrected chi connectivity index (χ0v) is 14.9. The molecule has 3 rings (SSSR count). The Hall–Kier alpha value is -2.52. The van der Waals surface area contributed by atoms with Crippen LogP contribution in [0.1, 0.15) is 30.2 Å². The highest BCUT2D eigenvalue weighted by molar-refractivity contribution is 7.13. The average molecular weight is 377 g/mol. The average Bonchev–Trinajstić information content (AvgIpc) is 3.33. The van der Waals surface area contributed by atoms with Gasteiger partial charge in [0.05, 0.1) is 17.3 Å². The quantitative estimate of drug-likeness (QED) is 0.636. The van der Waals surface area contributed by atoms with Crippen molar-refractivity contribution >= 4 is 34.6 Å². The van der Waals surface area contributed by atoms with Gasteiger partial charge in [-0.2, -0.15) is 4.98 Å². The molecule has 0 aliphatic carbocycles. The van der Waals surface area contributed by atoms with Crippen LogP contribution in [0.2, 0.25) is 0 Å². The van der Waals surface area contributed by atoms with E-state index < -0.39 is 12.0 Å². The van der Waals surface area contributed by atoms with Gasteiger partial charge in [0.1, 0.15) is 0 Å². The lowest BCUT2D eigenvalue weighted by atomic mass is 10.1. The summed E-state index contributed by atoms with van der Waals surface area (Å²) >= 11 is 2.96. The van der Waals surface area contributed by atoms with Crippen molar-refractivity contribution in [2.75, 3.05) is 0 Å². The molecule has 3 aromatic rings. The van der Waals surface area contributed by atoms with E-state index in [4.69, 9.17) is 9.26 Å².